The Labute approximate surface area is 131 Å². The highest BCUT2D eigenvalue weighted by Crippen LogP contribution is 2.24. The topological polar surface area (TPSA) is 79.1 Å². The molecule has 1 aliphatic carbocycles. The fraction of sp³-hybridized carbons (Fsp3) is 0.125. The van der Waals surface area contributed by atoms with Gasteiger partial charge in [-0.05, 0) is 18.2 Å². The van der Waals surface area contributed by atoms with Crippen molar-refractivity contribution in [1.29, 1.82) is 0 Å². The highest BCUT2D eigenvalue weighted by atomic mass is 32.2. The Balaban J connectivity index is 1.77. The molecule has 0 radical (unpaired) electrons. The molecule has 0 spiro atoms. The van der Waals surface area contributed by atoms with E-state index >= 15 is 0 Å². The van der Waals surface area contributed by atoms with Gasteiger partial charge in [-0.3, -0.25) is 4.79 Å². The Morgan fingerprint density at radius 1 is 1.23 bits per heavy atom. The largest absolute Gasteiger partial charge is 0.478 e. The third-order valence-electron chi connectivity index (χ3n) is 3.24. The van der Waals surface area contributed by atoms with Crippen LogP contribution in [0.5, 0.6) is 0 Å². The number of aromatic carboxylic acids is 1. The number of rotatable bonds is 4. The molecule has 3 rings (SSSR count). The van der Waals surface area contributed by atoms with Crippen molar-refractivity contribution in [3.8, 4) is 0 Å². The average molecular weight is 312 g/mol. The molecule has 0 aromatic heterocycles. The lowest BCUT2D eigenvalue weighted by Gasteiger charge is -2.17. The van der Waals surface area contributed by atoms with E-state index in [2.05, 4.69) is 9.98 Å². The van der Waals surface area contributed by atoms with Crippen molar-refractivity contribution in [1.82, 2.24) is 0 Å². The summed E-state index contributed by atoms with van der Waals surface area (Å²) >= 11 is 1.31. The van der Waals surface area contributed by atoms with Crippen LogP contribution in [-0.4, -0.2) is 34.3 Å². The quantitative estimate of drug-likeness (QED) is 0.867. The Hall–Kier alpha value is -2.47. The van der Waals surface area contributed by atoms with Crippen LogP contribution in [0.4, 0.5) is 0 Å². The van der Waals surface area contributed by atoms with Crippen molar-refractivity contribution in [2.24, 2.45) is 15.9 Å². The minimum absolute atomic E-state index is 0.229. The Bertz CT molecular complexity index is 762. The van der Waals surface area contributed by atoms with E-state index < -0.39 is 5.97 Å². The number of amidine groups is 1. The summed E-state index contributed by atoms with van der Waals surface area (Å²) in [6, 6.07) is 6.74. The van der Waals surface area contributed by atoms with E-state index in [-0.39, 0.29) is 17.4 Å². The normalized spacial score (nSPS) is 19.5. The molecule has 1 aromatic carbocycles. The molecule has 1 amide bonds. The van der Waals surface area contributed by atoms with Gasteiger partial charge in [0.05, 0.1) is 17.0 Å². The van der Waals surface area contributed by atoms with E-state index in [4.69, 9.17) is 5.11 Å². The number of hydrogen-bond acceptors (Lipinski definition) is 4. The van der Waals surface area contributed by atoms with Gasteiger partial charge in [-0.25, -0.2) is 9.79 Å². The van der Waals surface area contributed by atoms with Crippen LogP contribution < -0.4 is 0 Å². The maximum absolute atomic E-state index is 12.0. The molecule has 110 valence electrons. The smallest absolute Gasteiger partial charge is 0.336 e. The van der Waals surface area contributed by atoms with Crippen LogP contribution in [0.25, 0.3) is 0 Å². The van der Waals surface area contributed by atoms with Gasteiger partial charge in [0.25, 0.3) is 5.91 Å². The number of aliphatic imine (C=N–C) groups is 2. The van der Waals surface area contributed by atoms with Gasteiger partial charge in [0.15, 0.2) is 0 Å². The molecule has 2 aliphatic rings. The first kappa shape index (κ1) is 14.5. The number of carbonyl (C=O) groups excluding carboxylic acids is 1. The number of thioether (sulfide) groups is 1. The molecular weight excluding hydrogens is 300 g/mol. The standard InChI is InChI=1S/C16H12N2O3S/c19-15-10-5-1-3-7-12(10)17-14(18-15)9-22-13-8-4-2-6-11(13)16(20)21/h1-8,10H,9H2,(H,20,21). The van der Waals surface area contributed by atoms with Gasteiger partial charge in [0.2, 0.25) is 0 Å². The van der Waals surface area contributed by atoms with Crippen LogP contribution >= 0.6 is 11.8 Å². The Kier molecular flexibility index (Phi) is 4.02. The summed E-state index contributed by atoms with van der Waals surface area (Å²) in [6.45, 7) is 0. The molecule has 0 bridgehead atoms. The van der Waals surface area contributed by atoms with Crippen molar-refractivity contribution >= 4 is 35.2 Å². The van der Waals surface area contributed by atoms with Gasteiger partial charge >= 0.3 is 5.97 Å². The number of hydrogen-bond donors (Lipinski definition) is 1. The summed E-state index contributed by atoms with van der Waals surface area (Å²) in [4.78, 5) is 32.1. The van der Waals surface area contributed by atoms with Crippen LogP contribution in [0, 0.1) is 5.92 Å². The molecule has 1 atom stereocenters. The van der Waals surface area contributed by atoms with Crippen molar-refractivity contribution < 1.29 is 14.7 Å². The molecule has 5 nitrogen and oxygen atoms in total. The van der Waals surface area contributed by atoms with Crippen molar-refractivity contribution in [3.05, 3.63) is 54.1 Å². The fourth-order valence-corrected chi connectivity index (χ4v) is 3.09. The molecule has 0 fully saturated rings. The number of carboxylic acids is 1. The maximum Gasteiger partial charge on any atom is 0.336 e. The van der Waals surface area contributed by atoms with Gasteiger partial charge in [0.1, 0.15) is 11.8 Å². The Morgan fingerprint density at radius 3 is 2.86 bits per heavy atom. The number of amides is 1. The van der Waals surface area contributed by atoms with E-state index in [1.165, 1.54) is 11.8 Å². The van der Waals surface area contributed by atoms with E-state index in [0.717, 1.165) is 0 Å². The van der Waals surface area contributed by atoms with Gasteiger partial charge in [-0.2, -0.15) is 4.99 Å². The summed E-state index contributed by atoms with van der Waals surface area (Å²) in [5, 5.41) is 9.16. The predicted molar refractivity (Wildman–Crippen MR) is 85.8 cm³/mol. The monoisotopic (exact) mass is 312 g/mol. The predicted octanol–water partition coefficient (Wildman–Crippen LogP) is 2.60. The summed E-state index contributed by atoms with van der Waals surface area (Å²) in [7, 11) is 0. The van der Waals surface area contributed by atoms with Gasteiger partial charge in [-0.15, -0.1) is 11.8 Å². The summed E-state index contributed by atoms with van der Waals surface area (Å²) in [6.07, 6.45) is 7.21. The Morgan fingerprint density at radius 2 is 2.05 bits per heavy atom. The lowest BCUT2D eigenvalue weighted by Crippen LogP contribution is -2.27. The minimum atomic E-state index is -0.975. The van der Waals surface area contributed by atoms with Crippen LogP contribution in [0.2, 0.25) is 0 Å². The second kappa shape index (κ2) is 6.11. The summed E-state index contributed by atoms with van der Waals surface area (Å²) in [5.74, 6) is -0.820. The molecule has 1 aliphatic heterocycles. The molecule has 22 heavy (non-hydrogen) atoms. The molecule has 0 saturated heterocycles. The van der Waals surface area contributed by atoms with Crippen molar-refractivity contribution in [2.45, 2.75) is 4.90 Å². The molecular formula is C16H12N2O3S. The van der Waals surface area contributed by atoms with E-state index in [9.17, 15) is 9.59 Å². The molecule has 6 heteroatoms. The first-order valence-electron chi connectivity index (χ1n) is 6.65. The fourth-order valence-electron chi connectivity index (χ4n) is 2.19. The van der Waals surface area contributed by atoms with Crippen LogP contribution in [0.3, 0.4) is 0 Å². The number of nitrogens with zero attached hydrogens (tertiary/aromatic N) is 2. The lowest BCUT2D eigenvalue weighted by molar-refractivity contribution is -0.118. The van der Waals surface area contributed by atoms with E-state index in [1.54, 1.807) is 42.5 Å². The molecule has 1 N–H and O–H groups in total. The first-order chi connectivity index (χ1) is 10.6. The minimum Gasteiger partial charge on any atom is -0.478 e. The lowest BCUT2D eigenvalue weighted by atomic mass is 9.97. The number of carboxylic acid groups (broad SMARTS) is 1. The second-order valence-corrected chi connectivity index (χ2v) is 5.73. The molecule has 1 aromatic rings. The zero-order valence-electron chi connectivity index (χ0n) is 11.5. The second-order valence-electron chi connectivity index (χ2n) is 4.71. The third kappa shape index (κ3) is 2.92. The SMILES string of the molecule is O=C(O)c1ccccc1SCC1=NC(=O)C2C=CC=CC2=N1. The average Bonchev–Trinajstić information content (AvgIpc) is 2.53. The number of allylic oxidation sites excluding steroid dienone is 3. The van der Waals surface area contributed by atoms with Crippen LogP contribution in [-0.2, 0) is 4.79 Å². The zero-order chi connectivity index (χ0) is 15.5. The van der Waals surface area contributed by atoms with Crippen LogP contribution in [0.1, 0.15) is 10.4 Å². The zero-order valence-corrected chi connectivity index (χ0v) is 12.3. The molecule has 1 unspecified atom stereocenters. The van der Waals surface area contributed by atoms with Crippen molar-refractivity contribution in [3.63, 3.8) is 0 Å². The van der Waals surface area contributed by atoms with Gasteiger partial charge < -0.3 is 5.11 Å². The van der Waals surface area contributed by atoms with Gasteiger partial charge in [0, 0.05) is 4.90 Å². The molecule has 0 saturated carbocycles. The number of benzene rings is 1. The van der Waals surface area contributed by atoms with Crippen molar-refractivity contribution in [2.75, 3.05) is 5.75 Å². The third-order valence-corrected chi connectivity index (χ3v) is 4.31. The number of carbonyl (C=O) groups is 2. The number of fused-ring (bicyclic) bond motifs is 1. The first-order valence-corrected chi connectivity index (χ1v) is 7.63. The van der Waals surface area contributed by atoms with Crippen LogP contribution in [0.15, 0.2) is 63.4 Å². The highest BCUT2D eigenvalue weighted by Gasteiger charge is 2.26. The highest BCUT2D eigenvalue weighted by molar-refractivity contribution is 8.00. The maximum atomic E-state index is 12.0. The summed E-state index contributed by atoms with van der Waals surface area (Å²) in [5.41, 5.74) is 0.922. The molecule has 1 heterocycles. The van der Waals surface area contributed by atoms with Gasteiger partial charge in [-0.1, -0.05) is 30.4 Å². The van der Waals surface area contributed by atoms with E-state index in [1.807, 2.05) is 6.08 Å². The summed E-state index contributed by atoms with van der Waals surface area (Å²) < 4.78 is 0. The van der Waals surface area contributed by atoms with E-state index in [0.29, 0.717) is 22.2 Å².